The average Bonchev–Trinajstić information content (AvgIpc) is 3.16. The van der Waals surface area contributed by atoms with Gasteiger partial charge in [-0.1, -0.05) is 35.4 Å². The normalized spacial score (nSPS) is 20.1. The van der Waals surface area contributed by atoms with E-state index in [4.69, 9.17) is 4.42 Å². The van der Waals surface area contributed by atoms with Gasteiger partial charge in [0.2, 0.25) is 11.8 Å². The lowest BCUT2D eigenvalue weighted by Gasteiger charge is -2.37. The summed E-state index contributed by atoms with van der Waals surface area (Å²) in [6.45, 7) is 4.96. The Morgan fingerprint density at radius 2 is 1.79 bits per heavy atom. The van der Waals surface area contributed by atoms with Gasteiger partial charge in [-0.2, -0.15) is 0 Å². The molecule has 0 bridgehead atoms. The number of anilines is 1. The van der Waals surface area contributed by atoms with Crippen LogP contribution in [0.5, 0.6) is 0 Å². The first kappa shape index (κ1) is 15.2. The van der Waals surface area contributed by atoms with Crippen molar-refractivity contribution in [3.8, 4) is 0 Å². The Hall–Kier alpha value is -2.37. The number of aryl methyl sites for hydroxylation is 1. The molecule has 2 aliphatic rings. The van der Waals surface area contributed by atoms with Crippen LogP contribution in [0, 0.1) is 12.3 Å². The number of amides is 1. The fourth-order valence-electron chi connectivity index (χ4n) is 3.85. The number of piperidine rings is 1. The quantitative estimate of drug-likeness (QED) is 0.867. The van der Waals surface area contributed by atoms with E-state index in [1.165, 1.54) is 5.56 Å². The molecule has 2 saturated heterocycles. The number of aromatic nitrogens is 2. The Kier molecular flexibility index (Phi) is 3.75. The maximum absolute atomic E-state index is 13.0. The summed E-state index contributed by atoms with van der Waals surface area (Å²) >= 11 is 0. The second-order valence-corrected chi connectivity index (χ2v) is 6.83. The number of nitrogens with zero attached hydrogens (tertiary/aromatic N) is 4. The van der Waals surface area contributed by atoms with E-state index in [2.05, 4.69) is 27.2 Å². The van der Waals surface area contributed by atoms with Crippen LogP contribution in [0.1, 0.15) is 30.7 Å². The summed E-state index contributed by atoms with van der Waals surface area (Å²) in [4.78, 5) is 17.1. The number of rotatable bonds is 3. The van der Waals surface area contributed by atoms with Crippen molar-refractivity contribution < 1.29 is 9.21 Å². The molecule has 6 heteroatoms. The van der Waals surface area contributed by atoms with Crippen molar-refractivity contribution in [1.29, 1.82) is 0 Å². The lowest BCUT2D eigenvalue weighted by molar-refractivity contribution is -0.137. The summed E-state index contributed by atoms with van der Waals surface area (Å²) in [7, 11) is 0. The average molecular weight is 326 g/mol. The zero-order valence-electron chi connectivity index (χ0n) is 13.9. The van der Waals surface area contributed by atoms with Crippen LogP contribution < -0.4 is 4.90 Å². The molecule has 0 N–H and O–H groups in total. The van der Waals surface area contributed by atoms with Crippen LogP contribution in [0.3, 0.4) is 0 Å². The molecule has 0 aliphatic carbocycles. The highest BCUT2D eigenvalue weighted by molar-refractivity contribution is 5.85. The van der Waals surface area contributed by atoms with Crippen molar-refractivity contribution in [2.75, 3.05) is 24.5 Å². The van der Waals surface area contributed by atoms with Crippen molar-refractivity contribution >= 4 is 11.9 Å². The van der Waals surface area contributed by atoms with Crippen LogP contribution in [-0.2, 0) is 11.3 Å². The van der Waals surface area contributed by atoms with E-state index in [0.717, 1.165) is 38.9 Å². The van der Waals surface area contributed by atoms with Gasteiger partial charge in [-0.3, -0.25) is 4.79 Å². The SMILES string of the molecule is Cc1nnc(N2CCC3(CCN(Cc4ccccc4)C3=O)CC2)o1. The summed E-state index contributed by atoms with van der Waals surface area (Å²) in [6.07, 6.45) is 2.67. The molecule has 1 amide bonds. The van der Waals surface area contributed by atoms with Crippen LogP contribution >= 0.6 is 0 Å². The van der Waals surface area contributed by atoms with Gasteiger partial charge in [0.05, 0.1) is 5.41 Å². The Labute approximate surface area is 141 Å². The fourth-order valence-corrected chi connectivity index (χ4v) is 3.85. The number of likely N-dealkylation sites (tertiary alicyclic amines) is 1. The molecule has 126 valence electrons. The van der Waals surface area contributed by atoms with Gasteiger partial charge >= 0.3 is 6.01 Å². The van der Waals surface area contributed by atoms with Crippen molar-refractivity contribution in [2.24, 2.45) is 5.41 Å². The van der Waals surface area contributed by atoms with E-state index in [9.17, 15) is 4.79 Å². The van der Waals surface area contributed by atoms with Crippen LogP contribution in [0.15, 0.2) is 34.7 Å². The predicted octanol–water partition coefficient (Wildman–Crippen LogP) is 2.40. The highest BCUT2D eigenvalue weighted by Crippen LogP contribution is 2.42. The molecule has 0 unspecified atom stereocenters. The third kappa shape index (κ3) is 2.66. The van der Waals surface area contributed by atoms with Gasteiger partial charge in [-0.05, 0) is 24.8 Å². The molecule has 2 aliphatic heterocycles. The standard InChI is InChI=1S/C18H22N4O2/c1-14-19-20-17(24-14)21-10-7-18(8-11-21)9-12-22(16(18)23)13-15-5-3-2-4-6-15/h2-6H,7-13H2,1H3. The van der Waals surface area contributed by atoms with Crippen molar-refractivity contribution in [2.45, 2.75) is 32.7 Å². The molecule has 1 aromatic carbocycles. The summed E-state index contributed by atoms with van der Waals surface area (Å²) in [6, 6.07) is 10.8. The lowest BCUT2D eigenvalue weighted by atomic mass is 9.77. The van der Waals surface area contributed by atoms with Gasteiger partial charge in [0, 0.05) is 33.1 Å². The fraction of sp³-hybridized carbons (Fsp3) is 0.500. The van der Waals surface area contributed by atoms with E-state index in [1.807, 2.05) is 23.1 Å². The first-order chi connectivity index (χ1) is 11.7. The van der Waals surface area contributed by atoms with Crippen LogP contribution in [0.25, 0.3) is 0 Å². The molecule has 1 spiro atoms. The molecular formula is C18H22N4O2. The third-order valence-electron chi connectivity index (χ3n) is 5.32. The van der Waals surface area contributed by atoms with Crippen molar-refractivity contribution in [3.63, 3.8) is 0 Å². The minimum absolute atomic E-state index is 0.194. The smallest absolute Gasteiger partial charge is 0.318 e. The molecule has 24 heavy (non-hydrogen) atoms. The maximum atomic E-state index is 13.0. The minimum atomic E-state index is -0.194. The molecule has 0 radical (unpaired) electrons. The van der Waals surface area contributed by atoms with Gasteiger partial charge in [0.1, 0.15) is 0 Å². The number of carbonyl (C=O) groups is 1. The Bertz CT molecular complexity index is 720. The molecule has 2 aromatic rings. The molecule has 6 nitrogen and oxygen atoms in total. The molecule has 1 aromatic heterocycles. The van der Waals surface area contributed by atoms with Gasteiger partial charge in [-0.25, -0.2) is 0 Å². The van der Waals surface area contributed by atoms with E-state index in [1.54, 1.807) is 6.92 Å². The Morgan fingerprint density at radius 3 is 2.46 bits per heavy atom. The van der Waals surface area contributed by atoms with Crippen molar-refractivity contribution in [1.82, 2.24) is 15.1 Å². The zero-order valence-corrected chi connectivity index (χ0v) is 13.9. The molecular weight excluding hydrogens is 304 g/mol. The lowest BCUT2D eigenvalue weighted by Crippen LogP contribution is -2.44. The monoisotopic (exact) mass is 326 g/mol. The Balaban J connectivity index is 1.41. The van der Waals surface area contributed by atoms with E-state index < -0.39 is 0 Å². The van der Waals surface area contributed by atoms with Gasteiger partial charge in [0.25, 0.3) is 0 Å². The zero-order chi connectivity index (χ0) is 16.6. The Morgan fingerprint density at radius 1 is 1.08 bits per heavy atom. The third-order valence-corrected chi connectivity index (χ3v) is 5.32. The van der Waals surface area contributed by atoms with E-state index >= 15 is 0 Å². The highest BCUT2D eigenvalue weighted by Gasteiger charge is 2.48. The molecule has 0 saturated carbocycles. The number of hydrogen-bond donors (Lipinski definition) is 0. The van der Waals surface area contributed by atoms with Crippen LogP contribution in [0.2, 0.25) is 0 Å². The predicted molar refractivity (Wildman–Crippen MR) is 89.4 cm³/mol. The second-order valence-electron chi connectivity index (χ2n) is 6.83. The summed E-state index contributed by atoms with van der Waals surface area (Å²) in [5.74, 6) is 0.893. The maximum Gasteiger partial charge on any atom is 0.318 e. The minimum Gasteiger partial charge on any atom is -0.408 e. The molecule has 4 rings (SSSR count). The number of benzene rings is 1. The summed E-state index contributed by atoms with van der Waals surface area (Å²) in [5.41, 5.74) is 1.00. The van der Waals surface area contributed by atoms with Crippen LogP contribution in [-0.4, -0.2) is 40.6 Å². The molecule has 3 heterocycles. The van der Waals surface area contributed by atoms with E-state index in [-0.39, 0.29) is 5.41 Å². The van der Waals surface area contributed by atoms with Gasteiger partial charge in [-0.15, -0.1) is 5.10 Å². The summed E-state index contributed by atoms with van der Waals surface area (Å²) in [5, 5.41) is 7.98. The van der Waals surface area contributed by atoms with E-state index in [0.29, 0.717) is 24.4 Å². The van der Waals surface area contributed by atoms with Gasteiger partial charge in [0.15, 0.2) is 0 Å². The highest BCUT2D eigenvalue weighted by atomic mass is 16.4. The largest absolute Gasteiger partial charge is 0.408 e. The first-order valence-corrected chi connectivity index (χ1v) is 8.55. The molecule has 2 fully saturated rings. The number of hydrogen-bond acceptors (Lipinski definition) is 5. The van der Waals surface area contributed by atoms with Crippen molar-refractivity contribution in [3.05, 3.63) is 41.8 Å². The second kappa shape index (κ2) is 5.92. The topological polar surface area (TPSA) is 62.5 Å². The number of carbonyl (C=O) groups excluding carboxylic acids is 1. The summed E-state index contributed by atoms with van der Waals surface area (Å²) < 4.78 is 5.51. The molecule has 0 atom stereocenters. The first-order valence-electron chi connectivity index (χ1n) is 8.55. The van der Waals surface area contributed by atoms with Crippen LogP contribution in [0.4, 0.5) is 6.01 Å². The van der Waals surface area contributed by atoms with Gasteiger partial charge < -0.3 is 14.2 Å².